The molecule has 10 heteroatoms. The van der Waals surface area contributed by atoms with Crippen LogP contribution < -0.4 is 4.90 Å². The number of rotatable bonds is 6. The van der Waals surface area contributed by atoms with Crippen LogP contribution in [0.15, 0.2) is 64.4 Å². The number of piperazine rings is 1. The first-order chi connectivity index (χ1) is 16.1. The van der Waals surface area contributed by atoms with Crippen LogP contribution in [0.3, 0.4) is 0 Å². The van der Waals surface area contributed by atoms with Gasteiger partial charge in [-0.25, -0.2) is 5.01 Å². The fourth-order valence-corrected chi connectivity index (χ4v) is 5.86. The molecule has 0 radical (unpaired) electrons. The SMILES string of the molecule is O=C(CN1CCN(c2ccccc2[N+](=O)[O-])CC1)N1N=C(c2cccs2)CC1c1cccs1. The highest BCUT2D eigenvalue weighted by Crippen LogP contribution is 2.36. The highest BCUT2D eigenvalue weighted by Gasteiger charge is 2.35. The van der Waals surface area contributed by atoms with Crippen LogP contribution in [0.4, 0.5) is 11.4 Å². The number of nitro groups is 1. The van der Waals surface area contributed by atoms with Gasteiger partial charge in [-0.05, 0) is 29.0 Å². The lowest BCUT2D eigenvalue weighted by atomic mass is 10.1. The van der Waals surface area contributed by atoms with Crippen molar-refractivity contribution in [3.05, 3.63) is 79.2 Å². The van der Waals surface area contributed by atoms with Crippen LogP contribution in [0.1, 0.15) is 22.2 Å². The van der Waals surface area contributed by atoms with E-state index in [0.717, 1.165) is 21.9 Å². The van der Waals surface area contributed by atoms with Crippen molar-refractivity contribution in [1.29, 1.82) is 0 Å². The Morgan fingerprint density at radius 1 is 1.03 bits per heavy atom. The Balaban J connectivity index is 1.26. The van der Waals surface area contributed by atoms with Crippen molar-refractivity contribution in [3.63, 3.8) is 0 Å². The van der Waals surface area contributed by atoms with E-state index < -0.39 is 0 Å². The van der Waals surface area contributed by atoms with E-state index >= 15 is 0 Å². The van der Waals surface area contributed by atoms with E-state index in [0.29, 0.717) is 31.9 Å². The molecule has 2 aromatic heterocycles. The lowest BCUT2D eigenvalue weighted by Gasteiger charge is -2.36. The highest BCUT2D eigenvalue weighted by molar-refractivity contribution is 7.12. The van der Waals surface area contributed by atoms with Crippen LogP contribution in [-0.2, 0) is 4.79 Å². The molecule has 0 aliphatic carbocycles. The van der Waals surface area contributed by atoms with Crippen molar-refractivity contribution < 1.29 is 9.72 Å². The number of amides is 1. The lowest BCUT2D eigenvalue weighted by Crippen LogP contribution is -2.49. The standard InChI is InChI=1S/C23H23N5O3S2/c29-23(16-25-9-11-26(12-10-25)18-5-1-2-6-19(18)28(30)31)27-20(22-8-4-14-33-22)15-17(24-27)21-7-3-13-32-21/h1-8,13-14,20H,9-12,15-16H2. The van der Waals surface area contributed by atoms with Gasteiger partial charge in [0.2, 0.25) is 0 Å². The molecule has 0 N–H and O–H groups in total. The second-order valence-electron chi connectivity index (χ2n) is 8.01. The van der Waals surface area contributed by atoms with E-state index in [-0.39, 0.29) is 29.1 Å². The maximum atomic E-state index is 13.3. The Morgan fingerprint density at radius 3 is 2.48 bits per heavy atom. The van der Waals surface area contributed by atoms with E-state index in [2.05, 4.69) is 11.0 Å². The molecular formula is C23H23N5O3S2. The maximum absolute atomic E-state index is 13.3. The van der Waals surface area contributed by atoms with Crippen LogP contribution in [0, 0.1) is 10.1 Å². The largest absolute Gasteiger partial charge is 0.363 e. The summed E-state index contributed by atoms with van der Waals surface area (Å²) in [5.41, 5.74) is 1.71. The van der Waals surface area contributed by atoms with Crippen LogP contribution >= 0.6 is 22.7 Å². The topological polar surface area (TPSA) is 82.3 Å². The molecule has 0 bridgehead atoms. The Bertz CT molecular complexity index is 1150. The van der Waals surface area contributed by atoms with E-state index in [9.17, 15) is 14.9 Å². The second kappa shape index (κ2) is 9.42. The molecular weight excluding hydrogens is 458 g/mol. The number of para-hydroxylation sites is 2. The lowest BCUT2D eigenvalue weighted by molar-refractivity contribution is -0.384. The van der Waals surface area contributed by atoms with Gasteiger partial charge in [0.05, 0.1) is 28.1 Å². The number of nitrogens with zero attached hydrogens (tertiary/aromatic N) is 5. The summed E-state index contributed by atoms with van der Waals surface area (Å²) in [5.74, 6) is -0.0147. The summed E-state index contributed by atoms with van der Waals surface area (Å²) in [6.45, 7) is 2.88. The van der Waals surface area contributed by atoms with Crippen molar-refractivity contribution in [2.24, 2.45) is 5.10 Å². The third-order valence-electron chi connectivity index (χ3n) is 5.99. The van der Waals surface area contributed by atoms with Gasteiger partial charge >= 0.3 is 0 Å². The molecule has 1 fully saturated rings. The molecule has 5 rings (SSSR count). The molecule has 8 nitrogen and oxygen atoms in total. The normalized spacial score (nSPS) is 19.0. The summed E-state index contributed by atoms with van der Waals surface area (Å²) in [7, 11) is 0. The van der Waals surface area contributed by atoms with E-state index in [1.165, 1.54) is 6.07 Å². The molecule has 170 valence electrons. The quantitative estimate of drug-likeness (QED) is 0.389. The Kier molecular flexibility index (Phi) is 6.21. The van der Waals surface area contributed by atoms with E-state index in [1.54, 1.807) is 39.8 Å². The van der Waals surface area contributed by atoms with Crippen molar-refractivity contribution in [2.75, 3.05) is 37.6 Å². The van der Waals surface area contributed by atoms with Crippen LogP contribution in [0.2, 0.25) is 0 Å². The van der Waals surface area contributed by atoms with E-state index in [1.807, 2.05) is 39.9 Å². The molecule has 33 heavy (non-hydrogen) atoms. The smallest absolute Gasteiger partial charge is 0.292 e. The number of anilines is 1. The Hall–Kier alpha value is -3.08. The average molecular weight is 482 g/mol. The predicted octanol–water partition coefficient (Wildman–Crippen LogP) is 4.22. The zero-order valence-electron chi connectivity index (χ0n) is 17.9. The minimum Gasteiger partial charge on any atom is -0.363 e. The number of nitro benzene ring substituents is 1. The summed E-state index contributed by atoms with van der Waals surface area (Å²) in [5, 5.41) is 21.8. The fourth-order valence-electron chi connectivity index (χ4n) is 4.33. The van der Waals surface area contributed by atoms with Crippen molar-refractivity contribution >= 4 is 45.7 Å². The Labute approximate surface area is 199 Å². The van der Waals surface area contributed by atoms with Gasteiger partial charge in [0.1, 0.15) is 5.69 Å². The number of benzene rings is 1. The van der Waals surface area contributed by atoms with Gasteiger partial charge in [-0.15, -0.1) is 22.7 Å². The van der Waals surface area contributed by atoms with Gasteiger partial charge in [-0.3, -0.25) is 19.8 Å². The van der Waals surface area contributed by atoms with Gasteiger partial charge in [-0.2, -0.15) is 5.10 Å². The molecule has 1 aromatic carbocycles. The molecule has 2 aliphatic rings. The third-order valence-corrected chi connectivity index (χ3v) is 7.89. The summed E-state index contributed by atoms with van der Waals surface area (Å²) in [4.78, 5) is 30.7. The monoisotopic (exact) mass is 481 g/mol. The number of thiophene rings is 2. The highest BCUT2D eigenvalue weighted by atomic mass is 32.1. The van der Waals surface area contributed by atoms with Crippen molar-refractivity contribution in [2.45, 2.75) is 12.5 Å². The minimum atomic E-state index is -0.341. The molecule has 3 aromatic rings. The molecule has 2 aliphatic heterocycles. The van der Waals surface area contributed by atoms with Crippen LogP contribution in [-0.4, -0.2) is 59.2 Å². The van der Waals surface area contributed by atoms with Crippen molar-refractivity contribution in [1.82, 2.24) is 9.91 Å². The van der Waals surface area contributed by atoms with Gasteiger partial charge < -0.3 is 4.90 Å². The number of carbonyl (C=O) groups excluding carboxylic acids is 1. The summed E-state index contributed by atoms with van der Waals surface area (Å²) < 4.78 is 0. The maximum Gasteiger partial charge on any atom is 0.292 e. The number of hydrogen-bond acceptors (Lipinski definition) is 8. The molecule has 1 atom stereocenters. The summed E-state index contributed by atoms with van der Waals surface area (Å²) in [6, 6.07) is 14.9. The first-order valence-electron chi connectivity index (χ1n) is 10.8. The van der Waals surface area contributed by atoms with Gasteiger partial charge in [-0.1, -0.05) is 24.3 Å². The molecule has 0 saturated carbocycles. The molecule has 1 saturated heterocycles. The van der Waals surface area contributed by atoms with Crippen LogP contribution in [0.25, 0.3) is 0 Å². The van der Waals surface area contributed by atoms with Crippen molar-refractivity contribution in [3.8, 4) is 0 Å². The second-order valence-corrected chi connectivity index (χ2v) is 9.93. The summed E-state index contributed by atoms with van der Waals surface area (Å²) in [6.07, 6.45) is 0.720. The zero-order chi connectivity index (χ0) is 22.8. The number of carbonyl (C=O) groups is 1. The van der Waals surface area contributed by atoms with Crippen LogP contribution in [0.5, 0.6) is 0 Å². The fraction of sp³-hybridized carbons (Fsp3) is 0.304. The first kappa shape index (κ1) is 21.7. The van der Waals surface area contributed by atoms with Gasteiger partial charge in [0, 0.05) is 43.5 Å². The first-order valence-corrected chi connectivity index (χ1v) is 12.5. The van der Waals surface area contributed by atoms with Gasteiger partial charge in [0.15, 0.2) is 0 Å². The summed E-state index contributed by atoms with van der Waals surface area (Å²) >= 11 is 3.29. The third kappa shape index (κ3) is 4.54. The number of hydrazone groups is 1. The molecule has 0 spiro atoms. The average Bonchev–Trinajstić information content (AvgIpc) is 3.60. The minimum absolute atomic E-state index is 0.0147. The molecule has 1 unspecified atom stereocenters. The predicted molar refractivity (Wildman–Crippen MR) is 131 cm³/mol. The Morgan fingerprint density at radius 2 is 1.79 bits per heavy atom. The molecule has 1 amide bonds. The van der Waals surface area contributed by atoms with E-state index in [4.69, 9.17) is 5.10 Å². The zero-order valence-corrected chi connectivity index (χ0v) is 19.5. The molecule has 4 heterocycles. The number of hydrogen-bond donors (Lipinski definition) is 0. The van der Waals surface area contributed by atoms with Gasteiger partial charge in [0.25, 0.3) is 11.6 Å².